The first kappa shape index (κ1) is 15.5. The third-order valence-electron chi connectivity index (χ3n) is 1.09. The Morgan fingerprint density at radius 1 is 1.21 bits per heavy atom. The number of rotatable bonds is 1. The zero-order chi connectivity index (χ0) is 11.6. The van der Waals surface area contributed by atoms with Crippen LogP contribution < -0.4 is 0 Å². The Morgan fingerprint density at radius 3 is 1.93 bits per heavy atom. The Balaban J connectivity index is 0. The summed E-state index contributed by atoms with van der Waals surface area (Å²) in [5.74, 6) is 0. The van der Waals surface area contributed by atoms with Gasteiger partial charge in [-0.3, -0.25) is 4.79 Å². The summed E-state index contributed by atoms with van der Waals surface area (Å²) in [7, 11) is 0. The summed E-state index contributed by atoms with van der Waals surface area (Å²) in [5.41, 5.74) is 0.353. The lowest BCUT2D eigenvalue weighted by molar-refractivity contribution is 0.108. The summed E-state index contributed by atoms with van der Waals surface area (Å²) < 4.78 is 0. The van der Waals surface area contributed by atoms with Gasteiger partial charge >= 0.3 is 0 Å². The molecule has 0 bridgehead atoms. The first-order valence-electron chi connectivity index (χ1n) is 3.99. The van der Waals surface area contributed by atoms with Crippen LogP contribution in [-0.4, -0.2) is 5.24 Å². The van der Waals surface area contributed by atoms with E-state index in [2.05, 4.69) is 12.8 Å². The number of carbonyl (C=O) groups excluding carboxylic acids is 1. The Hall–Kier alpha value is -0.970. The topological polar surface area (TPSA) is 17.1 Å². The van der Waals surface area contributed by atoms with Crippen LogP contribution in [0.5, 0.6) is 0 Å². The van der Waals surface area contributed by atoms with E-state index >= 15 is 0 Å². The van der Waals surface area contributed by atoms with E-state index in [9.17, 15) is 4.79 Å². The average molecular weight is 231 g/mol. The molecule has 0 atom stereocenters. The number of halogens is 2. The van der Waals surface area contributed by atoms with Crippen LogP contribution in [0.4, 0.5) is 0 Å². The Bertz CT molecular complexity index is 292. The normalized spacial score (nSPS) is 7.29. The molecule has 0 aliphatic heterocycles. The van der Waals surface area contributed by atoms with Gasteiger partial charge in [-0.1, -0.05) is 37.6 Å². The maximum absolute atomic E-state index is 10.5. The molecular formula is C11H12Cl2O. The summed E-state index contributed by atoms with van der Waals surface area (Å²) in [6.45, 7) is 4.00. The van der Waals surface area contributed by atoms with Crippen molar-refractivity contribution in [2.75, 3.05) is 0 Å². The monoisotopic (exact) mass is 230 g/mol. The Kier molecular flexibility index (Phi) is 11.2. The molecule has 0 spiro atoms. The van der Waals surface area contributed by atoms with Gasteiger partial charge in [0.05, 0.1) is 10.6 Å². The van der Waals surface area contributed by atoms with Crippen LogP contribution in [0.3, 0.4) is 0 Å². The highest BCUT2D eigenvalue weighted by Gasteiger charge is 2.03. The van der Waals surface area contributed by atoms with E-state index in [0.29, 0.717) is 10.6 Å². The molecule has 1 aromatic carbocycles. The Labute approximate surface area is 95.0 Å². The summed E-state index contributed by atoms with van der Waals surface area (Å²) in [5, 5.41) is -0.131. The van der Waals surface area contributed by atoms with Gasteiger partial charge in [-0.05, 0) is 23.7 Å². The highest BCUT2D eigenvalue weighted by atomic mass is 35.5. The molecule has 0 fully saturated rings. The van der Waals surface area contributed by atoms with Crippen molar-refractivity contribution in [1.82, 2.24) is 0 Å². The van der Waals surface area contributed by atoms with Crippen LogP contribution in [-0.2, 0) is 0 Å². The third kappa shape index (κ3) is 5.64. The lowest BCUT2D eigenvalue weighted by Crippen LogP contribution is -1.87. The van der Waals surface area contributed by atoms with Crippen LogP contribution in [0.2, 0.25) is 5.02 Å². The first-order valence-corrected chi connectivity index (χ1v) is 4.75. The molecule has 0 aliphatic rings. The van der Waals surface area contributed by atoms with Gasteiger partial charge in [0.2, 0.25) is 0 Å². The predicted octanol–water partition coefficient (Wildman–Crippen LogP) is 3.99. The van der Waals surface area contributed by atoms with Gasteiger partial charge < -0.3 is 0 Å². The second-order valence-corrected chi connectivity index (χ2v) is 2.50. The van der Waals surface area contributed by atoms with Crippen LogP contribution in [0.1, 0.15) is 24.2 Å². The Morgan fingerprint density at radius 2 is 1.64 bits per heavy atom. The molecule has 0 heterocycles. The standard InChI is InChI=1S/C7H4Cl2O.C2H6.C2H2/c8-6-4-2-1-3-5(6)7(9)10;2*1-2/h1-4H;1-2H3;1-2H. The molecular weight excluding hydrogens is 219 g/mol. The fourth-order valence-electron chi connectivity index (χ4n) is 0.621. The van der Waals surface area contributed by atoms with Gasteiger partial charge in [0.15, 0.2) is 0 Å². The number of hydrogen-bond donors (Lipinski definition) is 0. The highest BCUT2D eigenvalue weighted by Crippen LogP contribution is 2.16. The summed E-state index contributed by atoms with van der Waals surface area (Å²) in [6.07, 6.45) is 8.00. The largest absolute Gasteiger partial charge is 0.276 e. The molecule has 3 heteroatoms. The van der Waals surface area contributed by atoms with Crippen molar-refractivity contribution < 1.29 is 4.79 Å². The second-order valence-electron chi connectivity index (χ2n) is 1.75. The molecule has 14 heavy (non-hydrogen) atoms. The van der Waals surface area contributed by atoms with Crippen molar-refractivity contribution in [2.24, 2.45) is 0 Å². The van der Waals surface area contributed by atoms with Crippen molar-refractivity contribution in [3.05, 3.63) is 34.9 Å². The maximum atomic E-state index is 10.5. The molecule has 0 saturated carbocycles. The maximum Gasteiger partial charge on any atom is 0.253 e. The smallest absolute Gasteiger partial charge is 0.253 e. The van der Waals surface area contributed by atoms with E-state index in [1.807, 2.05) is 13.8 Å². The van der Waals surface area contributed by atoms with Gasteiger partial charge in [0.25, 0.3) is 5.24 Å². The summed E-state index contributed by atoms with van der Waals surface area (Å²) >= 11 is 10.8. The van der Waals surface area contributed by atoms with Gasteiger partial charge in [-0.25, -0.2) is 0 Å². The average Bonchev–Trinajstić information content (AvgIpc) is 2.24. The molecule has 0 N–H and O–H groups in total. The molecule has 1 nitrogen and oxygen atoms in total. The minimum Gasteiger partial charge on any atom is -0.276 e. The van der Waals surface area contributed by atoms with E-state index < -0.39 is 5.24 Å². The molecule has 0 aromatic heterocycles. The second kappa shape index (κ2) is 10.1. The van der Waals surface area contributed by atoms with E-state index in [0.717, 1.165) is 0 Å². The molecule has 0 radical (unpaired) electrons. The van der Waals surface area contributed by atoms with Gasteiger partial charge in [0, 0.05) is 0 Å². The lowest BCUT2D eigenvalue weighted by atomic mass is 10.2. The molecule has 1 aromatic rings. The summed E-state index contributed by atoms with van der Waals surface area (Å²) in [4.78, 5) is 10.5. The predicted molar refractivity (Wildman–Crippen MR) is 62.9 cm³/mol. The number of hydrogen-bond acceptors (Lipinski definition) is 1. The van der Waals surface area contributed by atoms with Crippen molar-refractivity contribution >= 4 is 28.4 Å². The highest BCUT2D eigenvalue weighted by molar-refractivity contribution is 6.68. The molecule has 0 unspecified atom stereocenters. The van der Waals surface area contributed by atoms with E-state index in [1.165, 1.54) is 0 Å². The quantitative estimate of drug-likeness (QED) is 0.527. The van der Waals surface area contributed by atoms with Gasteiger partial charge in [-0.15, -0.1) is 12.8 Å². The molecule has 1 rings (SSSR count). The van der Waals surface area contributed by atoms with E-state index in [-0.39, 0.29) is 0 Å². The third-order valence-corrected chi connectivity index (χ3v) is 1.62. The lowest BCUT2D eigenvalue weighted by Gasteiger charge is -1.93. The molecule has 0 aliphatic carbocycles. The minimum absolute atomic E-state index is 0.353. The van der Waals surface area contributed by atoms with Gasteiger partial charge in [-0.2, -0.15) is 0 Å². The molecule has 0 amide bonds. The number of carbonyl (C=O) groups is 1. The molecule has 76 valence electrons. The number of terminal acetylenes is 1. The van der Waals surface area contributed by atoms with Crippen LogP contribution >= 0.6 is 23.2 Å². The SMILES string of the molecule is C#C.CC.O=C(Cl)c1ccccc1Cl. The molecule has 0 saturated heterocycles. The minimum atomic E-state index is -0.523. The van der Waals surface area contributed by atoms with E-state index in [4.69, 9.17) is 23.2 Å². The van der Waals surface area contributed by atoms with Crippen LogP contribution in [0.25, 0.3) is 0 Å². The first-order chi connectivity index (χ1) is 6.72. The van der Waals surface area contributed by atoms with Crippen molar-refractivity contribution in [3.8, 4) is 12.8 Å². The van der Waals surface area contributed by atoms with Crippen molar-refractivity contribution in [2.45, 2.75) is 13.8 Å². The zero-order valence-electron chi connectivity index (χ0n) is 8.13. The fraction of sp³-hybridized carbons (Fsp3) is 0.182. The zero-order valence-corrected chi connectivity index (χ0v) is 9.64. The summed E-state index contributed by atoms with van der Waals surface area (Å²) in [6, 6.07) is 6.65. The van der Waals surface area contributed by atoms with Crippen LogP contribution in [0, 0.1) is 12.8 Å². The van der Waals surface area contributed by atoms with E-state index in [1.54, 1.807) is 24.3 Å². The van der Waals surface area contributed by atoms with Crippen molar-refractivity contribution in [1.29, 1.82) is 0 Å². The number of benzene rings is 1. The van der Waals surface area contributed by atoms with Gasteiger partial charge in [0.1, 0.15) is 0 Å². The fourth-order valence-corrected chi connectivity index (χ4v) is 1.06. The van der Waals surface area contributed by atoms with Crippen LogP contribution in [0.15, 0.2) is 24.3 Å². The van der Waals surface area contributed by atoms with Crippen molar-refractivity contribution in [3.63, 3.8) is 0 Å².